The lowest BCUT2D eigenvalue weighted by Crippen LogP contribution is -2.19. The molecule has 0 saturated carbocycles. The van der Waals surface area contributed by atoms with Gasteiger partial charge < -0.3 is 0 Å². The molecule has 1 aromatic carbocycles. The van der Waals surface area contributed by atoms with Crippen molar-refractivity contribution < 1.29 is 14.4 Å². The Morgan fingerprint density at radius 3 is 2.44 bits per heavy atom. The monoisotopic (exact) mass is 260 g/mol. The van der Waals surface area contributed by atoms with Crippen molar-refractivity contribution in [2.24, 2.45) is 0 Å². The quantitative estimate of drug-likeness (QED) is 0.466. The van der Waals surface area contributed by atoms with Crippen molar-refractivity contribution in [2.45, 2.75) is 6.92 Å². The van der Waals surface area contributed by atoms with Crippen LogP contribution >= 0.6 is 11.6 Å². The number of benzene rings is 1. The molecule has 0 saturated heterocycles. The molecule has 1 aliphatic carbocycles. The average Bonchev–Trinajstić information content (AvgIpc) is 2.33. The van der Waals surface area contributed by atoms with Crippen LogP contribution in [0, 0.1) is 0 Å². The second-order valence-electron chi connectivity index (χ2n) is 3.93. The van der Waals surface area contributed by atoms with Gasteiger partial charge in [0.2, 0.25) is 0 Å². The maximum Gasteiger partial charge on any atom is 0.198 e. The fourth-order valence-electron chi connectivity index (χ4n) is 1.70. The highest BCUT2D eigenvalue weighted by molar-refractivity contribution is 6.40. The number of allylic oxidation sites excluding steroid dienone is 4. The Kier molecular flexibility index (Phi) is 3.26. The van der Waals surface area contributed by atoms with Crippen molar-refractivity contribution in [1.82, 2.24) is 0 Å². The molecule has 4 heteroatoms. The van der Waals surface area contributed by atoms with Gasteiger partial charge in [-0.05, 0) is 25.1 Å². The normalized spacial score (nSPS) is 15.2. The number of rotatable bonds is 2. The lowest BCUT2D eigenvalue weighted by molar-refractivity contribution is -0.115. The molecule has 0 aliphatic heterocycles. The van der Waals surface area contributed by atoms with Crippen LogP contribution in [0.3, 0.4) is 0 Å². The summed E-state index contributed by atoms with van der Waals surface area (Å²) in [4.78, 5) is 35.4. The molecule has 2 rings (SSSR count). The summed E-state index contributed by atoms with van der Waals surface area (Å²) >= 11 is 5.90. The van der Waals surface area contributed by atoms with Gasteiger partial charge in [-0.3, -0.25) is 14.4 Å². The van der Waals surface area contributed by atoms with Crippen LogP contribution in [0.2, 0.25) is 5.02 Å². The third-order valence-electron chi connectivity index (χ3n) is 2.61. The SMILES string of the molecule is CC1=CC(=O)C=C(C(=O)c2ccccc2Cl)C1=O. The van der Waals surface area contributed by atoms with Gasteiger partial charge in [0.1, 0.15) is 0 Å². The third-order valence-corrected chi connectivity index (χ3v) is 2.94. The summed E-state index contributed by atoms with van der Waals surface area (Å²) in [6.45, 7) is 1.51. The van der Waals surface area contributed by atoms with Crippen molar-refractivity contribution in [3.63, 3.8) is 0 Å². The number of Topliss-reactive ketones (excluding diaryl/α,β-unsaturated/α-hetero) is 2. The molecule has 18 heavy (non-hydrogen) atoms. The lowest BCUT2D eigenvalue weighted by Gasteiger charge is -2.10. The van der Waals surface area contributed by atoms with Gasteiger partial charge in [0.05, 0.1) is 10.6 Å². The first-order valence-corrected chi connectivity index (χ1v) is 5.66. The molecule has 3 nitrogen and oxygen atoms in total. The second-order valence-corrected chi connectivity index (χ2v) is 4.33. The van der Waals surface area contributed by atoms with Crippen LogP contribution in [0.4, 0.5) is 0 Å². The molecule has 0 spiro atoms. The topological polar surface area (TPSA) is 51.2 Å². The highest BCUT2D eigenvalue weighted by Gasteiger charge is 2.26. The first-order valence-electron chi connectivity index (χ1n) is 5.28. The predicted octanol–water partition coefficient (Wildman–Crippen LogP) is 2.55. The van der Waals surface area contributed by atoms with Gasteiger partial charge in [0, 0.05) is 17.2 Å². The molecule has 0 fully saturated rings. The Bertz CT molecular complexity index is 624. The van der Waals surface area contributed by atoms with Crippen LogP contribution in [0.15, 0.2) is 47.6 Å². The summed E-state index contributed by atoms with van der Waals surface area (Å²) in [7, 11) is 0. The highest BCUT2D eigenvalue weighted by atomic mass is 35.5. The zero-order valence-electron chi connectivity index (χ0n) is 9.57. The fourth-order valence-corrected chi connectivity index (χ4v) is 1.92. The summed E-state index contributed by atoms with van der Waals surface area (Å²) < 4.78 is 0. The summed E-state index contributed by atoms with van der Waals surface area (Å²) in [5, 5.41) is 0.260. The standard InChI is InChI=1S/C14H9ClO3/c1-8-6-9(16)7-11(13(8)17)14(18)10-4-2-3-5-12(10)15/h2-7H,1H3. The predicted molar refractivity (Wildman–Crippen MR) is 67.6 cm³/mol. The average molecular weight is 261 g/mol. The number of hydrogen-bond acceptors (Lipinski definition) is 3. The van der Waals surface area contributed by atoms with E-state index in [1.165, 1.54) is 19.1 Å². The van der Waals surface area contributed by atoms with Crippen molar-refractivity contribution in [1.29, 1.82) is 0 Å². The van der Waals surface area contributed by atoms with E-state index in [0.29, 0.717) is 0 Å². The molecule has 0 aromatic heterocycles. The summed E-state index contributed by atoms with van der Waals surface area (Å²) in [6, 6.07) is 6.42. The van der Waals surface area contributed by atoms with E-state index in [9.17, 15) is 14.4 Å². The van der Waals surface area contributed by atoms with E-state index >= 15 is 0 Å². The van der Waals surface area contributed by atoms with Crippen LogP contribution in [-0.4, -0.2) is 17.3 Å². The number of carbonyl (C=O) groups is 3. The van der Waals surface area contributed by atoms with Gasteiger partial charge in [-0.2, -0.15) is 0 Å². The minimum atomic E-state index is -0.522. The molecule has 1 aliphatic rings. The number of hydrogen-bond donors (Lipinski definition) is 0. The van der Waals surface area contributed by atoms with E-state index in [1.54, 1.807) is 18.2 Å². The van der Waals surface area contributed by atoms with Gasteiger partial charge in [-0.25, -0.2) is 0 Å². The third kappa shape index (κ3) is 2.17. The molecule has 0 amide bonds. The second kappa shape index (κ2) is 4.70. The van der Waals surface area contributed by atoms with Crippen molar-refractivity contribution in [3.05, 3.63) is 58.1 Å². The van der Waals surface area contributed by atoms with Gasteiger partial charge in [0.25, 0.3) is 0 Å². The lowest BCUT2D eigenvalue weighted by atomic mass is 9.91. The maximum atomic E-state index is 12.2. The van der Waals surface area contributed by atoms with E-state index in [1.807, 2.05) is 0 Å². The Labute approximate surface area is 109 Å². The van der Waals surface area contributed by atoms with Crippen molar-refractivity contribution in [3.8, 4) is 0 Å². The van der Waals surface area contributed by atoms with Gasteiger partial charge in [-0.15, -0.1) is 0 Å². The zero-order chi connectivity index (χ0) is 13.3. The van der Waals surface area contributed by atoms with Gasteiger partial charge >= 0.3 is 0 Å². The summed E-state index contributed by atoms with van der Waals surface area (Å²) in [5.74, 6) is -1.31. The Hall–Kier alpha value is -2.00. The van der Waals surface area contributed by atoms with E-state index in [4.69, 9.17) is 11.6 Å². The first kappa shape index (κ1) is 12.5. The molecular formula is C14H9ClO3. The van der Waals surface area contributed by atoms with E-state index in [0.717, 1.165) is 6.08 Å². The molecular weight excluding hydrogens is 252 g/mol. The van der Waals surface area contributed by atoms with Crippen LogP contribution in [-0.2, 0) is 9.59 Å². The van der Waals surface area contributed by atoms with E-state index < -0.39 is 11.6 Å². The Morgan fingerprint density at radius 1 is 1.11 bits per heavy atom. The molecule has 0 radical (unpaired) electrons. The number of halogens is 1. The van der Waals surface area contributed by atoms with Crippen LogP contribution in [0.5, 0.6) is 0 Å². The maximum absolute atomic E-state index is 12.2. The highest BCUT2D eigenvalue weighted by Crippen LogP contribution is 2.22. The molecule has 0 bridgehead atoms. The molecule has 1 aromatic rings. The summed E-state index contributed by atoms with van der Waals surface area (Å²) in [5.41, 5.74) is 0.354. The van der Waals surface area contributed by atoms with Crippen LogP contribution in [0.1, 0.15) is 17.3 Å². The Morgan fingerprint density at radius 2 is 1.78 bits per heavy atom. The van der Waals surface area contributed by atoms with E-state index in [2.05, 4.69) is 0 Å². The molecule has 90 valence electrons. The van der Waals surface area contributed by atoms with Crippen molar-refractivity contribution in [2.75, 3.05) is 0 Å². The zero-order valence-corrected chi connectivity index (χ0v) is 10.3. The Balaban J connectivity index is 2.45. The summed E-state index contributed by atoms with van der Waals surface area (Å²) in [6.07, 6.45) is 2.27. The molecule has 0 heterocycles. The smallest absolute Gasteiger partial charge is 0.198 e. The largest absolute Gasteiger partial charge is 0.290 e. The minimum Gasteiger partial charge on any atom is -0.290 e. The number of ketones is 3. The molecule has 0 unspecified atom stereocenters. The van der Waals surface area contributed by atoms with Gasteiger partial charge in [-0.1, -0.05) is 23.7 Å². The number of carbonyl (C=O) groups excluding carboxylic acids is 3. The molecule has 0 atom stereocenters. The van der Waals surface area contributed by atoms with Crippen LogP contribution < -0.4 is 0 Å². The minimum absolute atomic E-state index is 0.131. The van der Waals surface area contributed by atoms with Crippen molar-refractivity contribution >= 4 is 29.0 Å². The van der Waals surface area contributed by atoms with Gasteiger partial charge in [0.15, 0.2) is 17.3 Å². The van der Waals surface area contributed by atoms with E-state index in [-0.39, 0.29) is 27.5 Å². The molecule has 0 N–H and O–H groups in total. The van der Waals surface area contributed by atoms with Crippen LogP contribution in [0.25, 0.3) is 0 Å². The fraction of sp³-hybridized carbons (Fsp3) is 0.0714. The first-order chi connectivity index (χ1) is 8.50.